The highest BCUT2D eigenvalue weighted by atomic mass is 79.9. The van der Waals surface area contributed by atoms with Crippen LogP contribution in [-0.2, 0) is 31.9 Å². The Morgan fingerprint density at radius 2 is 1.95 bits per heavy atom. The third kappa shape index (κ3) is 5.42. The number of carbonyl (C=O) groups is 2. The van der Waals surface area contributed by atoms with Crippen LogP contribution in [-0.4, -0.2) is 25.7 Å². The van der Waals surface area contributed by atoms with Gasteiger partial charge in [-0.05, 0) is 36.6 Å². The topological polar surface area (TPSA) is 52.6 Å². The molecular formula is C14H17BrO4. The van der Waals surface area contributed by atoms with Gasteiger partial charge in [0, 0.05) is 10.9 Å². The van der Waals surface area contributed by atoms with E-state index in [9.17, 15) is 9.59 Å². The molecule has 0 spiro atoms. The number of hydrogen-bond acceptors (Lipinski definition) is 4. The molecule has 0 atom stereocenters. The number of rotatable bonds is 6. The second kappa shape index (κ2) is 7.94. The SMILES string of the molecule is CCOC(=O)Cc1cc(Br)ccc1CCC(=O)OC. The van der Waals surface area contributed by atoms with Crippen molar-refractivity contribution in [1.29, 1.82) is 0 Å². The van der Waals surface area contributed by atoms with Crippen molar-refractivity contribution in [2.45, 2.75) is 26.2 Å². The van der Waals surface area contributed by atoms with Gasteiger partial charge in [-0.25, -0.2) is 0 Å². The van der Waals surface area contributed by atoms with Crippen molar-refractivity contribution in [2.24, 2.45) is 0 Å². The Morgan fingerprint density at radius 3 is 2.58 bits per heavy atom. The van der Waals surface area contributed by atoms with Gasteiger partial charge in [0.25, 0.3) is 0 Å². The van der Waals surface area contributed by atoms with Crippen LogP contribution in [0.1, 0.15) is 24.5 Å². The highest BCUT2D eigenvalue weighted by Crippen LogP contribution is 2.19. The van der Waals surface area contributed by atoms with Crippen LogP contribution in [0.2, 0.25) is 0 Å². The highest BCUT2D eigenvalue weighted by molar-refractivity contribution is 9.10. The lowest BCUT2D eigenvalue weighted by Gasteiger charge is -2.09. The summed E-state index contributed by atoms with van der Waals surface area (Å²) in [7, 11) is 1.36. The lowest BCUT2D eigenvalue weighted by atomic mass is 10.0. The van der Waals surface area contributed by atoms with Crippen LogP contribution in [0.4, 0.5) is 0 Å². The first-order valence-corrected chi connectivity index (χ1v) is 6.85. The van der Waals surface area contributed by atoms with E-state index in [0.717, 1.165) is 15.6 Å². The van der Waals surface area contributed by atoms with E-state index in [1.165, 1.54) is 7.11 Å². The second-order valence-corrected chi connectivity index (χ2v) is 4.89. The maximum atomic E-state index is 11.5. The summed E-state index contributed by atoms with van der Waals surface area (Å²) in [5.41, 5.74) is 1.83. The number of ether oxygens (including phenoxy) is 2. The molecule has 0 fully saturated rings. The zero-order chi connectivity index (χ0) is 14.3. The Balaban J connectivity index is 2.79. The first-order valence-electron chi connectivity index (χ1n) is 6.06. The zero-order valence-electron chi connectivity index (χ0n) is 11.1. The summed E-state index contributed by atoms with van der Waals surface area (Å²) < 4.78 is 10.5. The molecule has 0 N–H and O–H groups in total. The first kappa shape index (κ1) is 15.7. The molecule has 5 heteroatoms. The quantitative estimate of drug-likeness (QED) is 0.753. The summed E-state index contributed by atoms with van der Waals surface area (Å²) in [4.78, 5) is 22.7. The Labute approximate surface area is 121 Å². The molecule has 4 nitrogen and oxygen atoms in total. The van der Waals surface area contributed by atoms with Crippen LogP contribution in [0, 0.1) is 0 Å². The predicted molar refractivity (Wildman–Crippen MR) is 74.8 cm³/mol. The van der Waals surface area contributed by atoms with E-state index in [-0.39, 0.29) is 18.4 Å². The van der Waals surface area contributed by atoms with Gasteiger partial charge in [-0.15, -0.1) is 0 Å². The summed E-state index contributed by atoms with van der Waals surface area (Å²) in [5.74, 6) is -0.523. The fourth-order valence-electron chi connectivity index (χ4n) is 1.71. The molecule has 0 saturated carbocycles. The van der Waals surface area contributed by atoms with E-state index >= 15 is 0 Å². The Kier molecular flexibility index (Phi) is 6.56. The fraction of sp³-hybridized carbons (Fsp3) is 0.429. The minimum absolute atomic E-state index is 0.212. The molecule has 0 bridgehead atoms. The van der Waals surface area contributed by atoms with Gasteiger partial charge < -0.3 is 9.47 Å². The summed E-state index contributed by atoms with van der Waals surface area (Å²) in [5, 5.41) is 0. The van der Waals surface area contributed by atoms with Crippen LogP contribution >= 0.6 is 15.9 Å². The molecule has 0 aliphatic heterocycles. The number of hydrogen-bond donors (Lipinski definition) is 0. The molecular weight excluding hydrogens is 312 g/mol. The third-order valence-corrected chi connectivity index (χ3v) is 3.13. The van der Waals surface area contributed by atoms with Crippen molar-refractivity contribution >= 4 is 27.9 Å². The smallest absolute Gasteiger partial charge is 0.310 e. The monoisotopic (exact) mass is 328 g/mol. The second-order valence-electron chi connectivity index (χ2n) is 3.97. The van der Waals surface area contributed by atoms with E-state index in [2.05, 4.69) is 20.7 Å². The molecule has 19 heavy (non-hydrogen) atoms. The Morgan fingerprint density at radius 1 is 1.21 bits per heavy atom. The van der Waals surface area contributed by atoms with Crippen molar-refractivity contribution in [3.63, 3.8) is 0 Å². The summed E-state index contributed by atoms with van der Waals surface area (Å²) >= 11 is 3.38. The molecule has 104 valence electrons. The van der Waals surface area contributed by atoms with Gasteiger partial charge >= 0.3 is 11.9 Å². The van der Waals surface area contributed by atoms with Crippen LogP contribution in [0.15, 0.2) is 22.7 Å². The highest BCUT2D eigenvalue weighted by Gasteiger charge is 2.11. The van der Waals surface area contributed by atoms with Crippen molar-refractivity contribution in [3.8, 4) is 0 Å². The number of halogens is 1. The maximum absolute atomic E-state index is 11.5. The lowest BCUT2D eigenvalue weighted by molar-refractivity contribution is -0.142. The van der Waals surface area contributed by atoms with Gasteiger partial charge in [0.2, 0.25) is 0 Å². The minimum Gasteiger partial charge on any atom is -0.469 e. The number of methoxy groups -OCH3 is 1. The zero-order valence-corrected chi connectivity index (χ0v) is 12.7. The molecule has 0 radical (unpaired) electrons. The van der Waals surface area contributed by atoms with Crippen LogP contribution in [0.25, 0.3) is 0 Å². The molecule has 0 aliphatic rings. The van der Waals surface area contributed by atoms with E-state index in [1.807, 2.05) is 18.2 Å². The van der Waals surface area contributed by atoms with E-state index in [1.54, 1.807) is 6.92 Å². The average Bonchev–Trinajstić information content (AvgIpc) is 2.37. The largest absolute Gasteiger partial charge is 0.469 e. The minimum atomic E-state index is -0.264. The lowest BCUT2D eigenvalue weighted by Crippen LogP contribution is -2.10. The maximum Gasteiger partial charge on any atom is 0.310 e. The summed E-state index contributed by atoms with van der Waals surface area (Å²) in [6, 6.07) is 5.67. The van der Waals surface area contributed by atoms with E-state index < -0.39 is 0 Å². The molecule has 0 unspecified atom stereocenters. The fourth-order valence-corrected chi connectivity index (χ4v) is 2.12. The molecule has 0 amide bonds. The molecule has 1 aromatic carbocycles. The molecule has 0 saturated heterocycles. The van der Waals surface area contributed by atoms with E-state index in [4.69, 9.17) is 4.74 Å². The normalized spacial score (nSPS) is 10.1. The van der Waals surface area contributed by atoms with Gasteiger partial charge in [0.15, 0.2) is 0 Å². The third-order valence-electron chi connectivity index (χ3n) is 2.63. The number of carbonyl (C=O) groups excluding carboxylic acids is 2. The molecule has 1 aromatic rings. The van der Waals surface area contributed by atoms with Crippen LogP contribution < -0.4 is 0 Å². The van der Waals surface area contributed by atoms with Crippen molar-refractivity contribution in [3.05, 3.63) is 33.8 Å². The van der Waals surface area contributed by atoms with Crippen LogP contribution in [0.5, 0.6) is 0 Å². The molecule has 0 aliphatic carbocycles. The number of aryl methyl sites for hydroxylation is 1. The summed E-state index contributed by atoms with van der Waals surface area (Å²) in [6.07, 6.45) is 1.06. The Hall–Kier alpha value is -1.36. The Bertz CT molecular complexity index is 457. The number of esters is 2. The van der Waals surface area contributed by atoms with Gasteiger partial charge in [0.05, 0.1) is 20.1 Å². The van der Waals surface area contributed by atoms with Crippen molar-refractivity contribution < 1.29 is 19.1 Å². The molecule has 0 heterocycles. The molecule has 1 rings (SSSR count). The van der Waals surface area contributed by atoms with Gasteiger partial charge in [-0.1, -0.05) is 22.0 Å². The standard InChI is InChI=1S/C14H17BrO4/c1-3-19-14(17)9-11-8-12(15)6-4-10(11)5-7-13(16)18-2/h4,6,8H,3,5,7,9H2,1-2H3. The van der Waals surface area contributed by atoms with Crippen molar-refractivity contribution in [1.82, 2.24) is 0 Å². The van der Waals surface area contributed by atoms with Gasteiger partial charge in [-0.2, -0.15) is 0 Å². The summed E-state index contributed by atoms with van der Waals surface area (Å²) in [6.45, 7) is 2.14. The van der Waals surface area contributed by atoms with Gasteiger partial charge in [0.1, 0.15) is 0 Å². The predicted octanol–water partition coefficient (Wildman–Crippen LogP) is 2.66. The van der Waals surface area contributed by atoms with Gasteiger partial charge in [-0.3, -0.25) is 9.59 Å². The van der Waals surface area contributed by atoms with Crippen LogP contribution in [0.3, 0.4) is 0 Å². The average molecular weight is 329 g/mol. The number of benzene rings is 1. The van der Waals surface area contributed by atoms with Crippen molar-refractivity contribution in [2.75, 3.05) is 13.7 Å². The molecule has 0 aromatic heterocycles. The first-order chi connectivity index (χ1) is 9.06. The van der Waals surface area contributed by atoms with E-state index in [0.29, 0.717) is 19.4 Å².